The van der Waals surface area contributed by atoms with Crippen LogP contribution in [0, 0.1) is 0 Å². The van der Waals surface area contributed by atoms with E-state index in [1.54, 1.807) is 0 Å². The van der Waals surface area contributed by atoms with E-state index in [4.69, 9.17) is 9.94 Å². The van der Waals surface area contributed by atoms with Crippen LogP contribution >= 0.6 is 0 Å². The lowest BCUT2D eigenvalue weighted by atomic mass is 10.1. The minimum atomic E-state index is -1.09. The Hall–Kier alpha value is -1.67. The molecule has 0 aromatic carbocycles. The molecule has 0 unspecified atom stereocenters. The van der Waals surface area contributed by atoms with Crippen LogP contribution < -0.4 is 5.48 Å². The molecule has 3 N–H and O–H groups in total. The molecule has 0 aromatic rings. The maximum Gasteiger partial charge on any atom is 0.326 e. The van der Waals surface area contributed by atoms with Gasteiger partial charge in [-0.05, 0) is 20.8 Å². The second-order valence-electron chi connectivity index (χ2n) is 6.02. The van der Waals surface area contributed by atoms with E-state index in [2.05, 4.69) is 0 Å². The van der Waals surface area contributed by atoms with Crippen molar-refractivity contribution in [3.05, 3.63) is 0 Å². The van der Waals surface area contributed by atoms with Gasteiger partial charge in [0.05, 0.1) is 11.7 Å². The van der Waals surface area contributed by atoms with Crippen LogP contribution in [0.4, 0.5) is 0 Å². The molecule has 2 amide bonds. The standard InChI is InChI=1S/C13H22N2O6/c1-13(2,3)21-8-6-9(12(18)19)15(7-8)11(17)5-4-10(16)14-20/h8-9,20H,4-7H2,1-3H3,(H,14,16)(H,18,19)/t8-,9+/m1/s1. The fourth-order valence-corrected chi connectivity index (χ4v) is 2.31. The quantitative estimate of drug-likeness (QED) is 0.491. The molecule has 8 nitrogen and oxygen atoms in total. The fraction of sp³-hybridized carbons (Fsp3) is 0.769. The lowest BCUT2D eigenvalue weighted by molar-refractivity contribution is -0.148. The summed E-state index contributed by atoms with van der Waals surface area (Å²) in [5.41, 5.74) is 1.01. The molecule has 8 heteroatoms. The third-order valence-electron chi connectivity index (χ3n) is 3.08. The number of likely N-dealkylation sites (tertiary alicyclic amines) is 1. The third-order valence-corrected chi connectivity index (χ3v) is 3.08. The van der Waals surface area contributed by atoms with E-state index in [0.717, 1.165) is 0 Å². The number of rotatable bonds is 5. The van der Waals surface area contributed by atoms with Gasteiger partial charge in [-0.25, -0.2) is 10.3 Å². The summed E-state index contributed by atoms with van der Waals surface area (Å²) in [6, 6.07) is -0.943. The van der Waals surface area contributed by atoms with Crippen LogP contribution in [0.25, 0.3) is 0 Å². The largest absolute Gasteiger partial charge is 0.480 e. The van der Waals surface area contributed by atoms with Gasteiger partial charge in [0.15, 0.2) is 0 Å². The van der Waals surface area contributed by atoms with Crippen molar-refractivity contribution >= 4 is 17.8 Å². The minimum Gasteiger partial charge on any atom is -0.480 e. The Bertz CT molecular complexity index is 417. The zero-order valence-corrected chi connectivity index (χ0v) is 12.5. The molecule has 2 atom stereocenters. The smallest absolute Gasteiger partial charge is 0.326 e. The van der Waals surface area contributed by atoms with E-state index in [1.165, 1.54) is 10.4 Å². The molecule has 0 radical (unpaired) electrons. The van der Waals surface area contributed by atoms with Gasteiger partial charge in [0.25, 0.3) is 0 Å². The Morgan fingerprint density at radius 1 is 1.29 bits per heavy atom. The van der Waals surface area contributed by atoms with Crippen LogP contribution in [0.15, 0.2) is 0 Å². The lowest BCUT2D eigenvalue weighted by Crippen LogP contribution is -2.41. The number of amides is 2. The molecule has 1 fully saturated rings. The SMILES string of the molecule is CC(C)(C)O[C@@H]1C[C@@H](C(=O)O)N(C(=O)CCC(=O)NO)C1. The van der Waals surface area contributed by atoms with Crippen molar-refractivity contribution in [2.24, 2.45) is 0 Å². The average molecular weight is 302 g/mol. The number of carbonyl (C=O) groups is 3. The molecule has 0 bridgehead atoms. The number of nitrogens with zero attached hydrogens (tertiary/aromatic N) is 1. The number of aliphatic carboxylic acids is 1. The summed E-state index contributed by atoms with van der Waals surface area (Å²) < 4.78 is 5.73. The van der Waals surface area contributed by atoms with Crippen LogP contribution in [-0.2, 0) is 19.1 Å². The first-order chi connectivity index (χ1) is 9.64. The second-order valence-corrected chi connectivity index (χ2v) is 6.02. The van der Waals surface area contributed by atoms with Gasteiger partial charge in [0, 0.05) is 25.8 Å². The molecule has 0 aromatic heterocycles. The maximum atomic E-state index is 12.0. The zero-order chi connectivity index (χ0) is 16.2. The van der Waals surface area contributed by atoms with E-state index in [1.807, 2.05) is 20.8 Å². The monoisotopic (exact) mass is 302 g/mol. The predicted octanol–water partition coefficient (Wildman–Crippen LogP) is 0.141. The van der Waals surface area contributed by atoms with Crippen molar-refractivity contribution in [3.63, 3.8) is 0 Å². The molecule has 21 heavy (non-hydrogen) atoms. The van der Waals surface area contributed by atoms with Crippen molar-refractivity contribution in [2.45, 2.75) is 57.8 Å². The van der Waals surface area contributed by atoms with Crippen molar-refractivity contribution in [1.82, 2.24) is 10.4 Å². The molecule has 0 spiro atoms. The Morgan fingerprint density at radius 3 is 2.38 bits per heavy atom. The van der Waals surface area contributed by atoms with Gasteiger partial charge in [-0.3, -0.25) is 14.8 Å². The van der Waals surface area contributed by atoms with Gasteiger partial charge in [-0.1, -0.05) is 0 Å². The van der Waals surface area contributed by atoms with Crippen molar-refractivity contribution < 1.29 is 29.4 Å². The molecule has 120 valence electrons. The summed E-state index contributed by atoms with van der Waals surface area (Å²) in [6.07, 6.45) is -0.465. The summed E-state index contributed by atoms with van der Waals surface area (Å²) in [7, 11) is 0. The maximum absolute atomic E-state index is 12.0. The number of carboxylic acid groups (broad SMARTS) is 1. The molecule has 1 aliphatic heterocycles. The summed E-state index contributed by atoms with van der Waals surface area (Å²) >= 11 is 0. The first-order valence-corrected chi connectivity index (χ1v) is 6.77. The Balaban J connectivity index is 2.67. The summed E-state index contributed by atoms with van der Waals surface area (Å²) in [5.74, 6) is -2.21. The molecule has 1 aliphatic rings. The number of nitrogens with one attached hydrogen (secondary N) is 1. The normalized spacial score (nSPS) is 22.2. The predicted molar refractivity (Wildman–Crippen MR) is 71.5 cm³/mol. The second kappa shape index (κ2) is 6.86. The number of hydroxylamine groups is 1. The molecule has 0 saturated carbocycles. The molecular formula is C13H22N2O6. The van der Waals surface area contributed by atoms with Crippen molar-refractivity contribution in [1.29, 1.82) is 0 Å². The van der Waals surface area contributed by atoms with E-state index in [9.17, 15) is 19.5 Å². The van der Waals surface area contributed by atoms with Gasteiger partial charge in [0.2, 0.25) is 11.8 Å². The van der Waals surface area contributed by atoms with E-state index in [-0.39, 0.29) is 31.9 Å². The Labute approximate surface area is 123 Å². The van der Waals surface area contributed by atoms with Crippen molar-refractivity contribution in [2.75, 3.05) is 6.54 Å². The van der Waals surface area contributed by atoms with Crippen LogP contribution in [0.2, 0.25) is 0 Å². The van der Waals surface area contributed by atoms with Crippen LogP contribution in [-0.4, -0.2) is 57.3 Å². The first-order valence-electron chi connectivity index (χ1n) is 6.77. The number of hydrogen-bond acceptors (Lipinski definition) is 5. The molecule has 1 rings (SSSR count). The number of hydrogen-bond donors (Lipinski definition) is 3. The van der Waals surface area contributed by atoms with Gasteiger partial charge < -0.3 is 14.7 Å². The molecule has 1 heterocycles. The highest BCUT2D eigenvalue weighted by atomic mass is 16.5. The molecule has 0 aliphatic carbocycles. The lowest BCUT2D eigenvalue weighted by Gasteiger charge is -2.25. The minimum absolute atomic E-state index is 0.154. The van der Waals surface area contributed by atoms with Crippen LogP contribution in [0.1, 0.15) is 40.0 Å². The van der Waals surface area contributed by atoms with Gasteiger partial charge in [0.1, 0.15) is 6.04 Å². The molecule has 1 saturated heterocycles. The summed E-state index contributed by atoms with van der Waals surface area (Å²) in [4.78, 5) is 35.4. The molecular weight excluding hydrogens is 280 g/mol. The van der Waals surface area contributed by atoms with Gasteiger partial charge in [-0.15, -0.1) is 0 Å². The van der Waals surface area contributed by atoms with E-state index < -0.39 is 29.4 Å². The summed E-state index contributed by atoms with van der Waals surface area (Å²) in [5, 5.41) is 17.6. The number of carbonyl (C=O) groups excluding carboxylic acids is 2. The number of carboxylic acids is 1. The fourth-order valence-electron chi connectivity index (χ4n) is 2.31. The first kappa shape index (κ1) is 17.4. The third kappa shape index (κ3) is 5.31. The topological polar surface area (TPSA) is 116 Å². The Morgan fingerprint density at radius 2 is 1.90 bits per heavy atom. The summed E-state index contributed by atoms with van der Waals surface area (Å²) in [6.45, 7) is 5.77. The van der Waals surface area contributed by atoms with Crippen LogP contribution in [0.3, 0.4) is 0 Å². The van der Waals surface area contributed by atoms with E-state index in [0.29, 0.717) is 0 Å². The highest BCUT2D eigenvalue weighted by molar-refractivity contribution is 5.87. The number of ether oxygens (including phenoxy) is 1. The average Bonchev–Trinajstić information content (AvgIpc) is 2.77. The van der Waals surface area contributed by atoms with Gasteiger partial charge >= 0.3 is 5.97 Å². The van der Waals surface area contributed by atoms with Crippen LogP contribution in [0.5, 0.6) is 0 Å². The van der Waals surface area contributed by atoms with E-state index >= 15 is 0 Å². The zero-order valence-electron chi connectivity index (χ0n) is 12.5. The van der Waals surface area contributed by atoms with Crippen molar-refractivity contribution in [3.8, 4) is 0 Å². The highest BCUT2D eigenvalue weighted by Gasteiger charge is 2.41. The highest BCUT2D eigenvalue weighted by Crippen LogP contribution is 2.25. The Kier molecular flexibility index (Phi) is 5.68. The van der Waals surface area contributed by atoms with Gasteiger partial charge in [-0.2, -0.15) is 0 Å².